The number of allylic oxidation sites excluding steroid dienone is 1. The highest BCUT2D eigenvalue weighted by atomic mass is 16.5. The Hall–Kier alpha value is -1.81. The zero-order valence-corrected chi connectivity index (χ0v) is 11.5. The number of hydrogen-bond acceptors (Lipinski definition) is 3. The average molecular weight is 263 g/mol. The highest BCUT2D eigenvalue weighted by Gasteiger charge is 2.12. The molecule has 1 aromatic carbocycles. The topological polar surface area (TPSA) is 47.6 Å². The van der Waals surface area contributed by atoms with E-state index in [9.17, 15) is 4.79 Å². The normalized spacial score (nSPS) is 11.7. The molecule has 1 amide bonds. The van der Waals surface area contributed by atoms with Gasteiger partial charge in [-0.3, -0.25) is 4.79 Å². The van der Waals surface area contributed by atoms with E-state index in [2.05, 4.69) is 11.9 Å². The summed E-state index contributed by atoms with van der Waals surface area (Å²) in [5, 5.41) is 2.85. The first-order valence-electron chi connectivity index (χ1n) is 6.25. The number of rotatable bonds is 8. The fourth-order valence-corrected chi connectivity index (χ4v) is 1.71. The van der Waals surface area contributed by atoms with Crippen molar-refractivity contribution in [1.29, 1.82) is 0 Å². The SMILES string of the molecule is C=CCCC(=O)NCC(OC)c1cccc(OC)c1. The van der Waals surface area contributed by atoms with Gasteiger partial charge in [0.2, 0.25) is 5.91 Å². The number of nitrogens with one attached hydrogen (secondary N) is 1. The number of ether oxygens (including phenoxy) is 2. The first-order valence-corrected chi connectivity index (χ1v) is 6.25. The largest absolute Gasteiger partial charge is 0.497 e. The van der Waals surface area contributed by atoms with Crippen LogP contribution in [-0.4, -0.2) is 26.7 Å². The monoisotopic (exact) mass is 263 g/mol. The maximum absolute atomic E-state index is 11.5. The summed E-state index contributed by atoms with van der Waals surface area (Å²) in [4.78, 5) is 11.5. The molecule has 1 N–H and O–H groups in total. The molecule has 0 aliphatic rings. The van der Waals surface area contributed by atoms with Gasteiger partial charge in [-0.1, -0.05) is 18.2 Å². The quantitative estimate of drug-likeness (QED) is 0.733. The molecule has 0 heterocycles. The number of carbonyl (C=O) groups excluding carboxylic acids is 1. The molecule has 104 valence electrons. The van der Waals surface area contributed by atoms with Gasteiger partial charge in [-0.2, -0.15) is 0 Å². The van der Waals surface area contributed by atoms with E-state index in [1.807, 2.05) is 24.3 Å². The van der Waals surface area contributed by atoms with Crippen molar-refractivity contribution < 1.29 is 14.3 Å². The lowest BCUT2D eigenvalue weighted by Gasteiger charge is -2.17. The van der Waals surface area contributed by atoms with Gasteiger partial charge >= 0.3 is 0 Å². The minimum absolute atomic E-state index is 0.00449. The predicted molar refractivity (Wildman–Crippen MR) is 75.2 cm³/mol. The number of hydrogen-bond donors (Lipinski definition) is 1. The van der Waals surface area contributed by atoms with Crippen LogP contribution in [0.15, 0.2) is 36.9 Å². The molecule has 0 aliphatic carbocycles. The molecule has 4 nitrogen and oxygen atoms in total. The average Bonchev–Trinajstić information content (AvgIpc) is 2.46. The highest BCUT2D eigenvalue weighted by Crippen LogP contribution is 2.20. The van der Waals surface area contributed by atoms with Crippen LogP contribution in [0.2, 0.25) is 0 Å². The Morgan fingerprint density at radius 2 is 2.26 bits per heavy atom. The summed E-state index contributed by atoms with van der Waals surface area (Å²) in [6.07, 6.45) is 2.69. The van der Waals surface area contributed by atoms with Gasteiger partial charge in [-0.05, 0) is 24.1 Å². The minimum atomic E-state index is -0.178. The molecular weight excluding hydrogens is 242 g/mol. The van der Waals surface area contributed by atoms with Crippen molar-refractivity contribution in [3.05, 3.63) is 42.5 Å². The Balaban J connectivity index is 2.57. The maximum atomic E-state index is 11.5. The lowest BCUT2D eigenvalue weighted by Crippen LogP contribution is -2.28. The van der Waals surface area contributed by atoms with Gasteiger partial charge in [0.1, 0.15) is 5.75 Å². The summed E-state index contributed by atoms with van der Waals surface area (Å²) in [6.45, 7) is 4.04. The highest BCUT2D eigenvalue weighted by molar-refractivity contribution is 5.76. The van der Waals surface area contributed by atoms with E-state index >= 15 is 0 Å². The molecule has 0 saturated heterocycles. The van der Waals surface area contributed by atoms with Crippen LogP contribution >= 0.6 is 0 Å². The number of benzene rings is 1. The van der Waals surface area contributed by atoms with E-state index in [0.29, 0.717) is 19.4 Å². The maximum Gasteiger partial charge on any atom is 0.220 e. The van der Waals surface area contributed by atoms with E-state index in [1.54, 1.807) is 20.3 Å². The second kappa shape index (κ2) is 8.32. The third-order valence-electron chi connectivity index (χ3n) is 2.81. The van der Waals surface area contributed by atoms with Crippen molar-refractivity contribution in [3.63, 3.8) is 0 Å². The third-order valence-corrected chi connectivity index (χ3v) is 2.81. The van der Waals surface area contributed by atoms with Gasteiger partial charge in [0.25, 0.3) is 0 Å². The molecule has 1 aromatic rings. The van der Waals surface area contributed by atoms with Gasteiger partial charge in [-0.15, -0.1) is 6.58 Å². The molecule has 0 radical (unpaired) electrons. The zero-order valence-electron chi connectivity index (χ0n) is 11.5. The van der Waals surface area contributed by atoms with Gasteiger partial charge in [-0.25, -0.2) is 0 Å². The summed E-state index contributed by atoms with van der Waals surface area (Å²) in [5.74, 6) is 0.780. The molecule has 4 heteroatoms. The third kappa shape index (κ3) is 5.14. The zero-order chi connectivity index (χ0) is 14.1. The summed E-state index contributed by atoms with van der Waals surface area (Å²) in [5.41, 5.74) is 0.978. The lowest BCUT2D eigenvalue weighted by atomic mass is 10.1. The molecule has 0 bridgehead atoms. The first-order chi connectivity index (χ1) is 9.21. The molecule has 0 spiro atoms. The van der Waals surface area contributed by atoms with E-state index < -0.39 is 0 Å². The van der Waals surface area contributed by atoms with Crippen LogP contribution in [0.5, 0.6) is 5.75 Å². The van der Waals surface area contributed by atoms with Crippen molar-refractivity contribution in [2.45, 2.75) is 18.9 Å². The Labute approximate surface area is 114 Å². The Kier molecular flexibility index (Phi) is 6.68. The molecule has 0 aliphatic heterocycles. The summed E-state index contributed by atoms with van der Waals surface area (Å²) >= 11 is 0. The molecule has 0 fully saturated rings. The van der Waals surface area contributed by atoms with Crippen molar-refractivity contribution >= 4 is 5.91 Å². The molecule has 1 atom stereocenters. The number of amides is 1. The summed E-state index contributed by atoms with van der Waals surface area (Å²) in [7, 11) is 3.25. The predicted octanol–water partition coefficient (Wildman–Crippen LogP) is 2.47. The Morgan fingerprint density at radius 3 is 2.89 bits per heavy atom. The Morgan fingerprint density at radius 1 is 1.47 bits per heavy atom. The second-order valence-corrected chi connectivity index (χ2v) is 4.13. The van der Waals surface area contributed by atoms with Gasteiger partial charge in [0.05, 0.1) is 13.2 Å². The second-order valence-electron chi connectivity index (χ2n) is 4.13. The molecule has 0 aromatic heterocycles. The first kappa shape index (κ1) is 15.2. The van der Waals surface area contributed by atoms with Crippen molar-refractivity contribution in [2.75, 3.05) is 20.8 Å². The van der Waals surface area contributed by atoms with Gasteiger partial charge in [0.15, 0.2) is 0 Å². The molecule has 1 unspecified atom stereocenters. The van der Waals surface area contributed by atoms with Crippen molar-refractivity contribution in [1.82, 2.24) is 5.32 Å². The molecular formula is C15H21NO3. The van der Waals surface area contributed by atoms with Gasteiger partial charge in [0, 0.05) is 20.1 Å². The number of methoxy groups -OCH3 is 2. The number of carbonyl (C=O) groups is 1. The van der Waals surface area contributed by atoms with E-state index in [4.69, 9.17) is 9.47 Å². The Bertz CT molecular complexity index is 418. The van der Waals surface area contributed by atoms with Crippen LogP contribution < -0.4 is 10.1 Å². The minimum Gasteiger partial charge on any atom is -0.497 e. The van der Waals surface area contributed by atoms with Crippen molar-refractivity contribution in [3.8, 4) is 5.75 Å². The van der Waals surface area contributed by atoms with Crippen LogP contribution in [0.4, 0.5) is 0 Å². The van der Waals surface area contributed by atoms with Crippen LogP contribution in [0.3, 0.4) is 0 Å². The molecule has 19 heavy (non-hydrogen) atoms. The summed E-state index contributed by atoms with van der Waals surface area (Å²) < 4.78 is 10.6. The summed E-state index contributed by atoms with van der Waals surface area (Å²) in [6, 6.07) is 7.63. The smallest absolute Gasteiger partial charge is 0.220 e. The van der Waals surface area contributed by atoms with E-state index in [-0.39, 0.29) is 12.0 Å². The fraction of sp³-hybridized carbons (Fsp3) is 0.400. The van der Waals surface area contributed by atoms with E-state index in [0.717, 1.165) is 11.3 Å². The van der Waals surface area contributed by atoms with E-state index in [1.165, 1.54) is 0 Å². The van der Waals surface area contributed by atoms with Crippen LogP contribution in [0.1, 0.15) is 24.5 Å². The van der Waals surface area contributed by atoms with Crippen LogP contribution in [0, 0.1) is 0 Å². The lowest BCUT2D eigenvalue weighted by molar-refractivity contribution is -0.121. The fourth-order valence-electron chi connectivity index (χ4n) is 1.71. The van der Waals surface area contributed by atoms with Crippen LogP contribution in [0.25, 0.3) is 0 Å². The van der Waals surface area contributed by atoms with Crippen molar-refractivity contribution in [2.24, 2.45) is 0 Å². The van der Waals surface area contributed by atoms with Crippen LogP contribution in [-0.2, 0) is 9.53 Å². The van der Waals surface area contributed by atoms with Gasteiger partial charge < -0.3 is 14.8 Å². The standard InChI is InChI=1S/C15H21NO3/c1-4-5-9-15(17)16-11-14(19-3)12-7-6-8-13(10-12)18-2/h4,6-8,10,14H,1,5,9,11H2,2-3H3,(H,16,17). The molecule has 0 saturated carbocycles. The molecule has 1 rings (SSSR count).